The summed E-state index contributed by atoms with van der Waals surface area (Å²) in [7, 11) is 3.28. The molecule has 2 aromatic rings. The van der Waals surface area contributed by atoms with Gasteiger partial charge in [0.15, 0.2) is 0 Å². The number of halogens is 1. The molecule has 0 aromatic heterocycles. The minimum Gasteiger partial charge on any atom is -0.497 e. The molecular weight excluding hydrogens is 284 g/mol. The fraction of sp³-hybridized carbons (Fsp3) is 0.143. The van der Waals surface area contributed by atoms with Gasteiger partial charge in [-0.15, -0.1) is 0 Å². The monoisotopic (exact) mass is 296 g/mol. The number of ether oxygens (including phenoxy) is 1. The lowest BCUT2D eigenvalue weighted by Crippen LogP contribution is -1.94. The molecule has 5 heteroatoms. The topological polar surface area (TPSA) is 43.4 Å². The van der Waals surface area contributed by atoms with Gasteiger partial charge in [0, 0.05) is 10.7 Å². The van der Waals surface area contributed by atoms with Gasteiger partial charge in [0.2, 0.25) is 0 Å². The van der Waals surface area contributed by atoms with Crippen molar-refractivity contribution < 1.29 is 13.2 Å². The predicted molar refractivity (Wildman–Crippen MR) is 76.2 cm³/mol. The van der Waals surface area contributed by atoms with Crippen LogP contribution in [0.5, 0.6) is 5.75 Å². The van der Waals surface area contributed by atoms with Crippen LogP contribution in [-0.4, -0.2) is 15.5 Å². The van der Waals surface area contributed by atoms with Crippen LogP contribution in [0.25, 0.3) is 11.1 Å². The molecule has 0 saturated heterocycles. The summed E-state index contributed by atoms with van der Waals surface area (Å²) < 4.78 is 27.8. The zero-order valence-electron chi connectivity index (χ0n) is 10.6. The largest absolute Gasteiger partial charge is 0.497 e. The van der Waals surface area contributed by atoms with Gasteiger partial charge >= 0.3 is 0 Å². The summed E-state index contributed by atoms with van der Waals surface area (Å²) in [6.07, 6.45) is 0. The van der Waals surface area contributed by atoms with Crippen molar-refractivity contribution in [2.24, 2.45) is 0 Å². The molecule has 2 aromatic carbocycles. The molecule has 0 unspecified atom stereocenters. The minimum absolute atomic E-state index is 0.145. The quantitative estimate of drug-likeness (QED) is 0.813. The van der Waals surface area contributed by atoms with Gasteiger partial charge in [0.1, 0.15) is 5.75 Å². The van der Waals surface area contributed by atoms with Crippen molar-refractivity contribution in [2.75, 3.05) is 7.11 Å². The summed E-state index contributed by atoms with van der Waals surface area (Å²) in [6, 6.07) is 12.6. The van der Waals surface area contributed by atoms with E-state index in [2.05, 4.69) is 0 Å². The Balaban J connectivity index is 2.44. The summed E-state index contributed by atoms with van der Waals surface area (Å²) in [5.41, 5.74) is 2.55. The highest BCUT2D eigenvalue weighted by atomic mass is 35.7. The Kier molecular flexibility index (Phi) is 3.83. The zero-order chi connectivity index (χ0) is 14.0. The van der Waals surface area contributed by atoms with Crippen molar-refractivity contribution in [2.45, 2.75) is 11.8 Å². The minimum atomic E-state index is -3.69. The maximum absolute atomic E-state index is 11.3. The first-order valence-electron chi connectivity index (χ1n) is 5.61. The molecule has 0 aliphatic carbocycles. The molecular formula is C14H13ClO3S. The second kappa shape index (κ2) is 5.23. The van der Waals surface area contributed by atoms with E-state index in [0.717, 1.165) is 16.9 Å². The Bertz CT molecular complexity index is 691. The van der Waals surface area contributed by atoms with E-state index in [0.29, 0.717) is 5.56 Å². The highest BCUT2D eigenvalue weighted by Gasteiger charge is 2.13. The van der Waals surface area contributed by atoms with Crippen molar-refractivity contribution >= 4 is 19.7 Å². The maximum atomic E-state index is 11.3. The molecule has 0 aliphatic heterocycles. The standard InChI is InChI=1S/C14H13ClO3S/c1-10-9-12(5-8-14(10)19(15,16)17)11-3-6-13(18-2)7-4-11/h3-9H,1-2H3. The van der Waals surface area contributed by atoms with E-state index < -0.39 is 9.05 Å². The SMILES string of the molecule is COc1ccc(-c2ccc(S(=O)(=O)Cl)c(C)c2)cc1. The van der Waals surface area contributed by atoms with Gasteiger partial charge in [-0.25, -0.2) is 8.42 Å². The number of methoxy groups -OCH3 is 1. The van der Waals surface area contributed by atoms with Crippen LogP contribution in [0.2, 0.25) is 0 Å². The molecule has 2 rings (SSSR count). The molecule has 0 saturated carbocycles. The van der Waals surface area contributed by atoms with Crippen molar-refractivity contribution in [3.05, 3.63) is 48.0 Å². The first-order chi connectivity index (χ1) is 8.91. The molecule has 100 valence electrons. The first-order valence-corrected chi connectivity index (χ1v) is 7.92. The third-order valence-electron chi connectivity index (χ3n) is 2.86. The number of hydrogen-bond acceptors (Lipinski definition) is 3. The third-order valence-corrected chi connectivity index (χ3v) is 4.34. The fourth-order valence-corrected chi connectivity index (χ4v) is 3.08. The van der Waals surface area contributed by atoms with E-state index >= 15 is 0 Å². The van der Waals surface area contributed by atoms with Crippen LogP contribution >= 0.6 is 10.7 Å². The molecule has 0 aliphatic rings. The Hall–Kier alpha value is -1.52. The fourth-order valence-electron chi connectivity index (χ4n) is 1.89. The molecule has 0 fully saturated rings. The molecule has 0 N–H and O–H groups in total. The summed E-state index contributed by atoms with van der Waals surface area (Å²) in [4.78, 5) is 0.145. The van der Waals surface area contributed by atoms with Gasteiger partial charge in [0.05, 0.1) is 12.0 Å². The van der Waals surface area contributed by atoms with Crippen LogP contribution in [0.1, 0.15) is 5.56 Å². The Morgan fingerprint density at radius 1 is 1.00 bits per heavy atom. The normalized spacial score (nSPS) is 11.3. The summed E-state index contributed by atoms with van der Waals surface area (Å²) in [5.74, 6) is 0.778. The van der Waals surface area contributed by atoms with Gasteiger partial charge < -0.3 is 4.74 Å². The summed E-state index contributed by atoms with van der Waals surface area (Å²) >= 11 is 0. The van der Waals surface area contributed by atoms with Gasteiger partial charge in [-0.3, -0.25) is 0 Å². The highest BCUT2D eigenvalue weighted by Crippen LogP contribution is 2.27. The number of aryl methyl sites for hydroxylation is 1. The van der Waals surface area contributed by atoms with Gasteiger partial charge in [-0.05, 0) is 41.8 Å². The van der Waals surface area contributed by atoms with Crippen molar-refractivity contribution in [3.8, 4) is 16.9 Å². The van der Waals surface area contributed by atoms with Gasteiger partial charge in [-0.1, -0.05) is 24.3 Å². The first kappa shape index (κ1) is 13.9. The lowest BCUT2D eigenvalue weighted by molar-refractivity contribution is 0.415. The van der Waals surface area contributed by atoms with E-state index in [9.17, 15) is 8.42 Å². The lowest BCUT2D eigenvalue weighted by Gasteiger charge is -2.07. The summed E-state index contributed by atoms with van der Waals surface area (Å²) in [5, 5.41) is 0. The average molecular weight is 297 g/mol. The van der Waals surface area contributed by atoms with E-state index in [1.165, 1.54) is 6.07 Å². The molecule has 0 radical (unpaired) electrons. The predicted octanol–water partition coefficient (Wildman–Crippen LogP) is 3.60. The molecule has 0 atom stereocenters. The molecule has 0 amide bonds. The smallest absolute Gasteiger partial charge is 0.261 e. The highest BCUT2D eigenvalue weighted by molar-refractivity contribution is 8.13. The van der Waals surface area contributed by atoms with Crippen LogP contribution in [0.15, 0.2) is 47.4 Å². The lowest BCUT2D eigenvalue weighted by atomic mass is 10.0. The Morgan fingerprint density at radius 3 is 2.05 bits per heavy atom. The van der Waals surface area contributed by atoms with Crippen molar-refractivity contribution in [1.82, 2.24) is 0 Å². The number of rotatable bonds is 3. The van der Waals surface area contributed by atoms with Crippen molar-refractivity contribution in [3.63, 3.8) is 0 Å². The second-order valence-corrected chi connectivity index (χ2v) is 6.68. The van der Waals surface area contributed by atoms with Gasteiger partial charge in [-0.2, -0.15) is 0 Å². The van der Waals surface area contributed by atoms with Gasteiger partial charge in [0.25, 0.3) is 9.05 Å². The van der Waals surface area contributed by atoms with Crippen LogP contribution < -0.4 is 4.74 Å². The van der Waals surface area contributed by atoms with Crippen molar-refractivity contribution in [1.29, 1.82) is 0 Å². The molecule has 0 spiro atoms. The molecule has 0 heterocycles. The molecule has 19 heavy (non-hydrogen) atoms. The van der Waals surface area contributed by atoms with Crippen LogP contribution in [0.4, 0.5) is 0 Å². The third kappa shape index (κ3) is 3.08. The van der Waals surface area contributed by atoms with Crippen LogP contribution in [-0.2, 0) is 9.05 Å². The molecule has 0 bridgehead atoms. The maximum Gasteiger partial charge on any atom is 0.261 e. The summed E-state index contributed by atoms with van der Waals surface area (Å²) in [6.45, 7) is 1.72. The van der Waals surface area contributed by atoms with E-state index in [-0.39, 0.29) is 4.90 Å². The zero-order valence-corrected chi connectivity index (χ0v) is 12.1. The Labute approximate surface area is 117 Å². The number of hydrogen-bond donors (Lipinski definition) is 0. The molecule has 3 nitrogen and oxygen atoms in total. The van der Waals surface area contributed by atoms with E-state index in [1.807, 2.05) is 24.3 Å². The van der Waals surface area contributed by atoms with E-state index in [4.69, 9.17) is 15.4 Å². The second-order valence-electron chi connectivity index (χ2n) is 4.15. The Morgan fingerprint density at radius 2 is 1.58 bits per heavy atom. The average Bonchev–Trinajstić information content (AvgIpc) is 2.37. The van der Waals surface area contributed by atoms with E-state index in [1.54, 1.807) is 26.2 Å². The number of benzene rings is 2. The van der Waals surface area contributed by atoms with Crippen LogP contribution in [0.3, 0.4) is 0 Å². The van der Waals surface area contributed by atoms with Crippen LogP contribution in [0, 0.1) is 6.92 Å².